The fraction of sp³-hybridized carbons (Fsp3) is 0.278. The third-order valence-electron chi connectivity index (χ3n) is 3.94. The van der Waals surface area contributed by atoms with E-state index in [1.54, 1.807) is 0 Å². The molecule has 31 heavy (non-hydrogen) atoms. The van der Waals surface area contributed by atoms with Crippen LogP contribution in [0.4, 0.5) is 30.2 Å². The van der Waals surface area contributed by atoms with E-state index < -0.39 is 39.0 Å². The third-order valence-corrected chi connectivity index (χ3v) is 3.94. The van der Waals surface area contributed by atoms with E-state index >= 15 is 0 Å². The van der Waals surface area contributed by atoms with E-state index in [9.17, 15) is 33.4 Å². The molecule has 0 bridgehead atoms. The summed E-state index contributed by atoms with van der Waals surface area (Å²) in [5, 5.41) is 22.3. The molecule has 2 rings (SSSR count). The van der Waals surface area contributed by atoms with Crippen LogP contribution in [0.2, 0.25) is 0 Å². The molecule has 0 aliphatic carbocycles. The number of nitrogens with one attached hydrogen (secondary N) is 1. The van der Waals surface area contributed by atoms with Gasteiger partial charge in [0.05, 0.1) is 28.6 Å². The molecule has 0 amide bonds. The maximum atomic E-state index is 12.8. The molecule has 1 atom stereocenters. The molecule has 0 spiro atoms. The lowest BCUT2D eigenvalue weighted by atomic mass is 10.1. The van der Waals surface area contributed by atoms with Gasteiger partial charge in [-0.2, -0.15) is 18.7 Å². The lowest BCUT2D eigenvalue weighted by Gasteiger charge is -2.15. The highest BCUT2D eigenvalue weighted by Crippen LogP contribution is 2.34. The summed E-state index contributed by atoms with van der Waals surface area (Å²) < 4.78 is 43.8. The first kappa shape index (κ1) is 23.7. The van der Waals surface area contributed by atoms with Crippen molar-refractivity contribution < 1.29 is 32.6 Å². The number of halogens is 3. The van der Waals surface area contributed by atoms with Crippen molar-refractivity contribution in [3.63, 3.8) is 0 Å². The summed E-state index contributed by atoms with van der Waals surface area (Å²) in [5.41, 5.74) is 0.620. The van der Waals surface area contributed by atoms with Gasteiger partial charge in [-0.25, -0.2) is 0 Å². The lowest BCUT2D eigenvalue weighted by molar-refractivity contribution is -0.394. The number of benzene rings is 2. The van der Waals surface area contributed by atoms with Gasteiger partial charge in [-0.3, -0.25) is 25.2 Å². The van der Waals surface area contributed by atoms with Gasteiger partial charge in [0.2, 0.25) is 0 Å². The van der Waals surface area contributed by atoms with E-state index in [0.29, 0.717) is 0 Å². The van der Waals surface area contributed by atoms with Crippen LogP contribution in [0, 0.1) is 27.2 Å². The molecule has 0 saturated heterocycles. The molecule has 0 aliphatic heterocycles. The average molecular weight is 442 g/mol. The fourth-order valence-electron chi connectivity index (χ4n) is 2.49. The molecule has 13 heteroatoms. The van der Waals surface area contributed by atoms with Crippen LogP contribution in [0.15, 0.2) is 41.4 Å². The van der Waals surface area contributed by atoms with Crippen LogP contribution in [0.1, 0.15) is 11.1 Å². The Balaban J connectivity index is 2.23. The number of nitro benzene ring substituents is 2. The molecule has 1 N–H and O–H groups in total. The zero-order valence-electron chi connectivity index (χ0n) is 16.3. The van der Waals surface area contributed by atoms with Gasteiger partial charge in [0.25, 0.3) is 5.69 Å². The Hall–Kier alpha value is -3.58. The number of rotatable bonds is 9. The number of hydrogen-bond donors (Lipinski definition) is 1. The first-order valence-electron chi connectivity index (χ1n) is 8.59. The van der Waals surface area contributed by atoms with Crippen LogP contribution in [-0.2, 0) is 11.0 Å². The molecule has 0 aliphatic rings. The van der Waals surface area contributed by atoms with Gasteiger partial charge >= 0.3 is 11.9 Å². The van der Waals surface area contributed by atoms with Gasteiger partial charge in [0.1, 0.15) is 24.1 Å². The van der Waals surface area contributed by atoms with Crippen molar-refractivity contribution in [2.75, 3.05) is 13.7 Å². The number of alkyl halides is 3. The lowest BCUT2D eigenvalue weighted by Crippen LogP contribution is -2.35. The van der Waals surface area contributed by atoms with Crippen molar-refractivity contribution in [3.8, 4) is 5.75 Å². The van der Waals surface area contributed by atoms with Gasteiger partial charge in [-0.05, 0) is 31.2 Å². The number of aryl methyl sites for hydroxylation is 1. The summed E-state index contributed by atoms with van der Waals surface area (Å²) in [6, 6.07) is 5.43. The maximum Gasteiger partial charge on any atom is 0.416 e. The molecule has 2 aromatic carbocycles. The van der Waals surface area contributed by atoms with Crippen LogP contribution >= 0.6 is 0 Å². The second-order valence-corrected chi connectivity index (χ2v) is 6.18. The molecule has 2 aromatic rings. The van der Waals surface area contributed by atoms with Crippen molar-refractivity contribution in [3.05, 3.63) is 67.8 Å². The van der Waals surface area contributed by atoms with Crippen LogP contribution in [0.3, 0.4) is 0 Å². The van der Waals surface area contributed by atoms with Gasteiger partial charge in [0.15, 0.2) is 0 Å². The Morgan fingerprint density at radius 3 is 2.42 bits per heavy atom. The van der Waals surface area contributed by atoms with Gasteiger partial charge < -0.3 is 9.57 Å². The largest absolute Gasteiger partial charge is 0.491 e. The molecule has 166 valence electrons. The zero-order valence-corrected chi connectivity index (χ0v) is 16.3. The van der Waals surface area contributed by atoms with E-state index in [4.69, 9.17) is 9.57 Å². The quantitative estimate of drug-likeness (QED) is 0.351. The number of ether oxygens (including phenoxy) is 1. The molecule has 0 heterocycles. The van der Waals surface area contributed by atoms with E-state index in [1.807, 2.05) is 0 Å². The predicted octanol–water partition coefficient (Wildman–Crippen LogP) is 4.13. The topological polar surface area (TPSA) is 129 Å². The zero-order chi connectivity index (χ0) is 23.2. The number of nitrogens with zero attached hydrogens (tertiary/aromatic N) is 3. The molecule has 0 saturated carbocycles. The Kier molecular flexibility index (Phi) is 7.61. The molecule has 0 fully saturated rings. The highest BCUT2D eigenvalue weighted by molar-refractivity contribution is 5.74. The predicted molar refractivity (Wildman–Crippen MR) is 104 cm³/mol. The number of hydroxylamine groups is 1. The summed E-state index contributed by atoms with van der Waals surface area (Å²) in [6.07, 6.45) is -3.34. The van der Waals surface area contributed by atoms with Gasteiger partial charge in [-0.15, -0.1) is 0 Å². The van der Waals surface area contributed by atoms with Crippen molar-refractivity contribution in [2.24, 2.45) is 4.99 Å². The molecule has 1 unspecified atom stereocenters. The molecule has 0 radical (unpaired) electrons. The minimum atomic E-state index is -4.53. The van der Waals surface area contributed by atoms with Crippen molar-refractivity contribution in [1.82, 2.24) is 5.48 Å². The van der Waals surface area contributed by atoms with Crippen molar-refractivity contribution >= 4 is 23.3 Å². The average Bonchev–Trinajstić information content (AvgIpc) is 2.69. The number of hydrogen-bond acceptors (Lipinski definition) is 8. The van der Waals surface area contributed by atoms with E-state index in [0.717, 1.165) is 18.2 Å². The highest BCUT2D eigenvalue weighted by atomic mass is 19.4. The summed E-state index contributed by atoms with van der Waals surface area (Å²) in [6.45, 7) is 1.18. The first-order valence-corrected chi connectivity index (χ1v) is 8.59. The van der Waals surface area contributed by atoms with Crippen LogP contribution in [0.25, 0.3) is 0 Å². The van der Waals surface area contributed by atoms with Crippen molar-refractivity contribution in [1.29, 1.82) is 0 Å². The minimum Gasteiger partial charge on any atom is -0.491 e. The smallest absolute Gasteiger partial charge is 0.416 e. The molecular weight excluding hydrogens is 425 g/mol. The van der Waals surface area contributed by atoms with E-state index in [-0.39, 0.29) is 23.6 Å². The maximum absolute atomic E-state index is 12.8. The fourth-order valence-corrected chi connectivity index (χ4v) is 2.49. The van der Waals surface area contributed by atoms with E-state index in [1.165, 1.54) is 38.4 Å². The second-order valence-electron chi connectivity index (χ2n) is 6.18. The Labute approximate surface area is 173 Å². The van der Waals surface area contributed by atoms with Crippen LogP contribution < -0.4 is 10.2 Å². The SMILES string of the molecule is CONC(C=Nc1cc(C)c([N+](=O)[O-])cc1[N+](=O)[O-])COc1cccc(C(F)(F)F)c1. The van der Waals surface area contributed by atoms with Crippen molar-refractivity contribution in [2.45, 2.75) is 19.1 Å². The molecule has 10 nitrogen and oxygen atoms in total. The van der Waals surface area contributed by atoms with E-state index in [2.05, 4.69) is 10.5 Å². The Morgan fingerprint density at radius 2 is 1.84 bits per heavy atom. The summed E-state index contributed by atoms with van der Waals surface area (Å²) in [5.74, 6) is -0.0525. The summed E-state index contributed by atoms with van der Waals surface area (Å²) in [4.78, 5) is 29.5. The summed E-state index contributed by atoms with van der Waals surface area (Å²) >= 11 is 0. The standard InChI is InChI=1S/C18H17F3N4O6/c1-11-6-15(17(25(28)29)8-16(11)24(26)27)22-9-13(23-30-2)10-31-14-5-3-4-12(7-14)18(19,20)21/h3-9,13,23H,10H2,1-2H3. The van der Waals surface area contributed by atoms with Crippen LogP contribution in [0.5, 0.6) is 5.75 Å². The third kappa shape index (κ3) is 6.45. The van der Waals surface area contributed by atoms with Crippen LogP contribution in [-0.4, -0.2) is 35.8 Å². The highest BCUT2D eigenvalue weighted by Gasteiger charge is 2.30. The summed E-state index contributed by atoms with van der Waals surface area (Å²) in [7, 11) is 1.28. The molecular formula is C18H17F3N4O6. The molecule has 0 aromatic heterocycles. The minimum absolute atomic E-state index is 0.0525. The normalized spacial score (nSPS) is 12.7. The number of aliphatic imine (C=N–C) groups is 1. The van der Waals surface area contributed by atoms with Gasteiger partial charge in [0, 0.05) is 11.8 Å². The Morgan fingerprint density at radius 1 is 1.16 bits per heavy atom. The monoisotopic (exact) mass is 442 g/mol. The van der Waals surface area contributed by atoms with Gasteiger partial charge in [-0.1, -0.05) is 6.07 Å². The first-order chi connectivity index (χ1) is 14.5. The number of nitro groups is 2. The Bertz CT molecular complexity index is 997. The second kappa shape index (κ2) is 9.95.